The molecule has 1 aliphatic heterocycles. The summed E-state index contributed by atoms with van der Waals surface area (Å²) in [5.74, 6) is 0.325. The molecule has 0 radical (unpaired) electrons. The molecule has 27 heavy (non-hydrogen) atoms. The molecule has 0 bridgehead atoms. The van der Waals surface area contributed by atoms with Gasteiger partial charge in [-0.15, -0.1) is 5.10 Å². The Morgan fingerprint density at radius 1 is 1.26 bits per heavy atom. The van der Waals surface area contributed by atoms with Crippen LogP contribution >= 0.6 is 0 Å². The van der Waals surface area contributed by atoms with E-state index in [2.05, 4.69) is 29.2 Å². The van der Waals surface area contributed by atoms with Gasteiger partial charge < -0.3 is 10.1 Å². The first-order valence-corrected chi connectivity index (χ1v) is 9.76. The maximum absolute atomic E-state index is 12.5. The summed E-state index contributed by atoms with van der Waals surface area (Å²) in [6, 6.07) is 5.61. The number of nitrogens with one attached hydrogen (secondary N) is 1. The number of morpholine rings is 1. The van der Waals surface area contributed by atoms with E-state index in [0.29, 0.717) is 18.1 Å². The second-order valence-corrected chi connectivity index (χ2v) is 6.97. The lowest BCUT2D eigenvalue weighted by molar-refractivity contribution is -0.122. The van der Waals surface area contributed by atoms with E-state index >= 15 is 0 Å². The van der Waals surface area contributed by atoms with Crippen molar-refractivity contribution in [2.45, 2.75) is 39.3 Å². The quantitative estimate of drug-likeness (QED) is 0.736. The van der Waals surface area contributed by atoms with Gasteiger partial charge >= 0.3 is 5.69 Å². The van der Waals surface area contributed by atoms with Gasteiger partial charge in [-0.1, -0.05) is 32.8 Å². The Morgan fingerprint density at radius 2 is 2.00 bits per heavy atom. The Balaban J connectivity index is 1.64. The fourth-order valence-electron chi connectivity index (χ4n) is 3.82. The lowest BCUT2D eigenvalue weighted by Crippen LogP contribution is -2.52. The van der Waals surface area contributed by atoms with Crippen molar-refractivity contribution in [2.75, 3.05) is 32.8 Å². The Hall–Kier alpha value is -2.19. The number of ether oxygens (including phenoxy) is 1. The van der Waals surface area contributed by atoms with Crippen molar-refractivity contribution in [1.82, 2.24) is 24.4 Å². The number of carbonyl (C=O) groups is 1. The van der Waals surface area contributed by atoms with Crippen molar-refractivity contribution < 1.29 is 9.53 Å². The van der Waals surface area contributed by atoms with E-state index in [1.165, 1.54) is 9.08 Å². The van der Waals surface area contributed by atoms with E-state index in [0.717, 1.165) is 39.1 Å². The van der Waals surface area contributed by atoms with Crippen LogP contribution in [0.3, 0.4) is 0 Å². The molecule has 1 saturated heterocycles. The highest BCUT2D eigenvalue weighted by atomic mass is 16.5. The molecule has 0 aliphatic carbocycles. The molecular weight excluding hydrogens is 346 g/mol. The number of aromatic nitrogens is 3. The van der Waals surface area contributed by atoms with Crippen LogP contribution in [0.15, 0.2) is 29.2 Å². The minimum absolute atomic E-state index is 0.0702. The molecule has 0 spiro atoms. The van der Waals surface area contributed by atoms with Crippen molar-refractivity contribution in [3.05, 3.63) is 34.9 Å². The maximum Gasteiger partial charge on any atom is 0.350 e. The van der Waals surface area contributed by atoms with Gasteiger partial charge in [0.1, 0.15) is 6.54 Å². The lowest BCUT2D eigenvalue weighted by atomic mass is 9.92. The minimum Gasteiger partial charge on any atom is -0.379 e. The molecule has 3 rings (SSSR count). The summed E-state index contributed by atoms with van der Waals surface area (Å²) >= 11 is 0. The van der Waals surface area contributed by atoms with Gasteiger partial charge in [0.2, 0.25) is 5.91 Å². The zero-order chi connectivity index (χ0) is 19.2. The number of amides is 1. The van der Waals surface area contributed by atoms with Gasteiger partial charge in [0.15, 0.2) is 5.65 Å². The molecule has 8 nitrogen and oxygen atoms in total. The summed E-state index contributed by atoms with van der Waals surface area (Å²) in [5, 5.41) is 7.23. The van der Waals surface area contributed by atoms with Crippen molar-refractivity contribution in [3.63, 3.8) is 0 Å². The van der Waals surface area contributed by atoms with Crippen molar-refractivity contribution in [2.24, 2.45) is 5.92 Å². The number of hydrogen-bond donors (Lipinski definition) is 1. The van der Waals surface area contributed by atoms with Crippen LogP contribution in [-0.2, 0) is 16.1 Å². The van der Waals surface area contributed by atoms with Crippen molar-refractivity contribution >= 4 is 11.6 Å². The van der Waals surface area contributed by atoms with Crippen LogP contribution in [0.2, 0.25) is 0 Å². The zero-order valence-electron chi connectivity index (χ0n) is 16.1. The summed E-state index contributed by atoms with van der Waals surface area (Å²) in [4.78, 5) is 27.2. The molecule has 2 aromatic heterocycles. The van der Waals surface area contributed by atoms with Gasteiger partial charge in [-0.25, -0.2) is 9.48 Å². The summed E-state index contributed by atoms with van der Waals surface area (Å²) < 4.78 is 8.12. The minimum atomic E-state index is -0.300. The van der Waals surface area contributed by atoms with Crippen LogP contribution in [0, 0.1) is 5.92 Å². The van der Waals surface area contributed by atoms with E-state index in [9.17, 15) is 9.59 Å². The third-order valence-corrected chi connectivity index (χ3v) is 5.40. The summed E-state index contributed by atoms with van der Waals surface area (Å²) in [5.41, 5.74) is 0.240. The van der Waals surface area contributed by atoms with E-state index in [-0.39, 0.29) is 24.2 Å². The SMILES string of the molecule is CCC(CC)C(CNC(=O)Cn1nc2ccccn2c1=O)N1CCOCC1. The van der Waals surface area contributed by atoms with Gasteiger partial charge in [0.05, 0.1) is 13.2 Å². The molecule has 1 N–H and O–H groups in total. The van der Waals surface area contributed by atoms with Gasteiger partial charge in [-0.05, 0) is 18.1 Å². The van der Waals surface area contributed by atoms with Crippen molar-refractivity contribution in [1.29, 1.82) is 0 Å². The highest BCUT2D eigenvalue weighted by molar-refractivity contribution is 5.75. The standard InChI is InChI=1S/C19H29N5O3/c1-3-15(4-2)16(22-9-11-27-12-10-22)13-20-18(25)14-24-19(26)23-8-6-5-7-17(23)21-24/h5-8,15-16H,3-4,9-14H2,1-2H3,(H,20,25). The largest absolute Gasteiger partial charge is 0.379 e. The van der Waals surface area contributed by atoms with Crippen LogP contribution in [-0.4, -0.2) is 63.9 Å². The predicted octanol–water partition coefficient (Wildman–Crippen LogP) is 0.749. The van der Waals surface area contributed by atoms with E-state index in [1.807, 2.05) is 6.07 Å². The first-order valence-electron chi connectivity index (χ1n) is 9.76. The van der Waals surface area contributed by atoms with Crippen LogP contribution in [0.25, 0.3) is 5.65 Å². The Bertz CT molecular complexity index is 805. The number of nitrogens with zero attached hydrogens (tertiary/aromatic N) is 4. The van der Waals surface area contributed by atoms with Gasteiger partial charge in [0, 0.05) is 31.9 Å². The van der Waals surface area contributed by atoms with Crippen LogP contribution in [0.1, 0.15) is 26.7 Å². The average Bonchev–Trinajstić information content (AvgIpc) is 3.01. The number of fused-ring (bicyclic) bond motifs is 1. The molecule has 1 aliphatic rings. The molecule has 1 fully saturated rings. The molecule has 1 unspecified atom stereocenters. The molecule has 8 heteroatoms. The molecule has 3 heterocycles. The number of pyridine rings is 1. The number of carbonyl (C=O) groups excluding carboxylic acids is 1. The Labute approximate surface area is 159 Å². The normalized spacial score (nSPS) is 16.7. The highest BCUT2D eigenvalue weighted by Crippen LogP contribution is 2.19. The second kappa shape index (κ2) is 9.14. The summed E-state index contributed by atoms with van der Waals surface area (Å²) in [7, 11) is 0. The van der Waals surface area contributed by atoms with Crippen LogP contribution in [0.5, 0.6) is 0 Å². The summed E-state index contributed by atoms with van der Waals surface area (Å²) in [6.07, 6.45) is 3.79. The molecular formula is C19H29N5O3. The zero-order valence-corrected chi connectivity index (χ0v) is 16.1. The van der Waals surface area contributed by atoms with E-state index in [1.54, 1.807) is 18.3 Å². The fourth-order valence-corrected chi connectivity index (χ4v) is 3.82. The lowest BCUT2D eigenvalue weighted by Gasteiger charge is -2.38. The molecule has 1 amide bonds. The summed E-state index contributed by atoms with van der Waals surface area (Å²) in [6.45, 7) is 8.15. The average molecular weight is 375 g/mol. The van der Waals surface area contributed by atoms with Crippen LogP contribution in [0.4, 0.5) is 0 Å². The molecule has 0 aromatic carbocycles. The Kier molecular flexibility index (Phi) is 6.63. The van der Waals surface area contributed by atoms with Gasteiger partial charge in [-0.3, -0.25) is 14.1 Å². The molecule has 148 valence electrons. The molecule has 0 saturated carbocycles. The third-order valence-electron chi connectivity index (χ3n) is 5.40. The molecule has 1 atom stereocenters. The smallest absolute Gasteiger partial charge is 0.350 e. The van der Waals surface area contributed by atoms with Gasteiger partial charge in [-0.2, -0.15) is 0 Å². The highest BCUT2D eigenvalue weighted by Gasteiger charge is 2.27. The number of rotatable bonds is 8. The monoisotopic (exact) mass is 375 g/mol. The predicted molar refractivity (Wildman–Crippen MR) is 103 cm³/mol. The maximum atomic E-state index is 12.5. The topological polar surface area (TPSA) is 80.9 Å². The van der Waals surface area contributed by atoms with Crippen LogP contribution < -0.4 is 11.0 Å². The second-order valence-electron chi connectivity index (χ2n) is 6.97. The van der Waals surface area contributed by atoms with E-state index in [4.69, 9.17) is 4.74 Å². The van der Waals surface area contributed by atoms with Crippen molar-refractivity contribution in [3.8, 4) is 0 Å². The van der Waals surface area contributed by atoms with E-state index < -0.39 is 0 Å². The number of hydrogen-bond acceptors (Lipinski definition) is 5. The Morgan fingerprint density at radius 3 is 2.67 bits per heavy atom. The first kappa shape index (κ1) is 19.6. The third kappa shape index (κ3) is 4.56. The fraction of sp³-hybridized carbons (Fsp3) is 0.632. The molecule has 2 aromatic rings. The first-order chi connectivity index (χ1) is 13.1. The van der Waals surface area contributed by atoms with Gasteiger partial charge in [0.25, 0.3) is 0 Å².